The van der Waals surface area contributed by atoms with Crippen molar-refractivity contribution in [2.24, 2.45) is 5.92 Å². The predicted octanol–water partition coefficient (Wildman–Crippen LogP) is 2.56. The average molecular weight is 269 g/mol. The zero-order valence-electron chi connectivity index (χ0n) is 8.74. The Morgan fingerprint density at radius 3 is 3.07 bits per heavy atom. The number of fused-ring (bicyclic) bond motifs is 1. The van der Waals surface area contributed by atoms with E-state index in [4.69, 9.17) is 0 Å². The predicted molar refractivity (Wildman–Crippen MR) is 64.0 cm³/mol. The van der Waals surface area contributed by atoms with Crippen LogP contribution in [0.1, 0.15) is 13.8 Å². The first-order valence-corrected chi connectivity index (χ1v) is 5.70. The van der Waals surface area contributed by atoms with Crippen LogP contribution in [0.15, 0.2) is 22.9 Å². The Morgan fingerprint density at radius 1 is 1.53 bits per heavy atom. The van der Waals surface area contributed by atoms with Gasteiger partial charge < -0.3 is 5.32 Å². The maximum atomic E-state index is 4.45. The van der Waals surface area contributed by atoms with Crippen molar-refractivity contribution >= 4 is 27.4 Å². The second kappa shape index (κ2) is 4.18. The summed E-state index contributed by atoms with van der Waals surface area (Å²) in [4.78, 5) is 4.45. The van der Waals surface area contributed by atoms with Gasteiger partial charge in [0.2, 0.25) is 0 Å². The minimum Gasteiger partial charge on any atom is -0.370 e. The summed E-state index contributed by atoms with van der Waals surface area (Å²) in [6.45, 7) is 5.26. The Morgan fingerprint density at radius 2 is 2.33 bits per heavy atom. The van der Waals surface area contributed by atoms with Gasteiger partial charge in [-0.05, 0) is 27.9 Å². The third kappa shape index (κ3) is 2.28. The lowest BCUT2D eigenvalue weighted by Gasteiger charge is -2.07. The second-order valence-electron chi connectivity index (χ2n) is 3.85. The van der Waals surface area contributed by atoms with Gasteiger partial charge in [-0.3, -0.25) is 0 Å². The second-order valence-corrected chi connectivity index (χ2v) is 4.70. The van der Waals surface area contributed by atoms with Crippen molar-refractivity contribution in [3.05, 3.63) is 22.9 Å². The van der Waals surface area contributed by atoms with Gasteiger partial charge in [-0.15, -0.1) is 0 Å². The number of aromatic nitrogens is 3. The fourth-order valence-corrected chi connectivity index (χ4v) is 1.61. The standard InChI is InChI=1S/C10H13BrN4/c1-7(2)5-12-9-3-4-15-10(14-9)8(11)6-13-15/h3-4,6-7H,5H2,1-2H3,(H,12,14). The first kappa shape index (κ1) is 10.4. The van der Waals surface area contributed by atoms with Crippen LogP contribution in [0.5, 0.6) is 0 Å². The van der Waals surface area contributed by atoms with Crippen LogP contribution in [0.3, 0.4) is 0 Å². The molecule has 0 saturated carbocycles. The van der Waals surface area contributed by atoms with Gasteiger partial charge in [0.1, 0.15) is 5.82 Å². The Kier molecular flexibility index (Phi) is 2.90. The summed E-state index contributed by atoms with van der Waals surface area (Å²) in [5.41, 5.74) is 0.837. The molecule has 0 aliphatic carbocycles. The third-order valence-corrected chi connectivity index (χ3v) is 2.58. The van der Waals surface area contributed by atoms with Crippen molar-refractivity contribution < 1.29 is 0 Å². The van der Waals surface area contributed by atoms with Gasteiger partial charge in [-0.1, -0.05) is 13.8 Å². The van der Waals surface area contributed by atoms with E-state index in [1.165, 1.54) is 0 Å². The van der Waals surface area contributed by atoms with Crippen molar-refractivity contribution in [1.82, 2.24) is 14.6 Å². The van der Waals surface area contributed by atoms with Crippen LogP contribution in [0.25, 0.3) is 5.65 Å². The van der Waals surface area contributed by atoms with E-state index >= 15 is 0 Å². The summed E-state index contributed by atoms with van der Waals surface area (Å²) in [6.07, 6.45) is 3.64. The molecule has 0 radical (unpaired) electrons. The first-order valence-electron chi connectivity index (χ1n) is 4.90. The Balaban J connectivity index is 2.25. The van der Waals surface area contributed by atoms with Crippen LogP contribution in [0, 0.1) is 5.92 Å². The van der Waals surface area contributed by atoms with E-state index in [9.17, 15) is 0 Å². The lowest BCUT2D eigenvalue weighted by molar-refractivity contribution is 0.687. The van der Waals surface area contributed by atoms with Gasteiger partial charge >= 0.3 is 0 Å². The van der Waals surface area contributed by atoms with Crippen LogP contribution in [-0.4, -0.2) is 21.1 Å². The van der Waals surface area contributed by atoms with Crippen molar-refractivity contribution in [2.45, 2.75) is 13.8 Å². The fourth-order valence-electron chi connectivity index (χ4n) is 1.25. The molecule has 0 bridgehead atoms. The lowest BCUT2D eigenvalue weighted by Crippen LogP contribution is -2.09. The molecule has 15 heavy (non-hydrogen) atoms. The summed E-state index contributed by atoms with van der Waals surface area (Å²) < 4.78 is 2.65. The van der Waals surface area contributed by atoms with Gasteiger partial charge in [-0.2, -0.15) is 5.10 Å². The van der Waals surface area contributed by atoms with Crippen LogP contribution in [0.4, 0.5) is 5.82 Å². The van der Waals surface area contributed by atoms with Gasteiger partial charge in [0.05, 0.1) is 10.7 Å². The van der Waals surface area contributed by atoms with E-state index in [0.717, 1.165) is 22.5 Å². The van der Waals surface area contributed by atoms with Gasteiger partial charge in [-0.25, -0.2) is 9.50 Å². The van der Waals surface area contributed by atoms with Crippen LogP contribution < -0.4 is 5.32 Å². The van der Waals surface area contributed by atoms with Crippen molar-refractivity contribution in [3.8, 4) is 0 Å². The SMILES string of the molecule is CC(C)CNc1ccn2ncc(Br)c2n1. The molecule has 2 aromatic rings. The molecule has 0 amide bonds. The highest BCUT2D eigenvalue weighted by Gasteiger charge is 2.03. The van der Waals surface area contributed by atoms with Crippen LogP contribution in [-0.2, 0) is 0 Å². The normalized spacial score (nSPS) is 11.2. The number of anilines is 1. The monoisotopic (exact) mass is 268 g/mol. The Bertz CT molecular complexity index is 463. The van der Waals surface area contributed by atoms with Crippen LogP contribution >= 0.6 is 15.9 Å². The molecule has 0 aliphatic heterocycles. The van der Waals surface area contributed by atoms with Crippen molar-refractivity contribution in [1.29, 1.82) is 0 Å². The molecule has 0 atom stereocenters. The van der Waals surface area contributed by atoms with E-state index < -0.39 is 0 Å². The van der Waals surface area contributed by atoms with E-state index in [1.54, 1.807) is 10.7 Å². The highest BCUT2D eigenvalue weighted by Crippen LogP contribution is 2.16. The molecule has 5 heteroatoms. The molecule has 2 aromatic heterocycles. The molecular formula is C10H13BrN4. The molecule has 0 spiro atoms. The fraction of sp³-hybridized carbons (Fsp3) is 0.400. The van der Waals surface area contributed by atoms with E-state index in [-0.39, 0.29) is 0 Å². The largest absolute Gasteiger partial charge is 0.370 e. The summed E-state index contributed by atoms with van der Waals surface area (Å²) in [6, 6.07) is 1.93. The van der Waals surface area contributed by atoms with Gasteiger partial charge in [0.25, 0.3) is 0 Å². The van der Waals surface area contributed by atoms with Gasteiger partial charge in [0.15, 0.2) is 5.65 Å². The molecule has 0 saturated heterocycles. The summed E-state index contributed by atoms with van der Waals surface area (Å²) in [5, 5.41) is 7.41. The van der Waals surface area contributed by atoms with E-state index in [1.807, 2.05) is 12.3 Å². The molecule has 1 N–H and O–H groups in total. The van der Waals surface area contributed by atoms with Crippen molar-refractivity contribution in [3.63, 3.8) is 0 Å². The lowest BCUT2D eigenvalue weighted by atomic mass is 10.2. The molecule has 0 aromatic carbocycles. The molecule has 2 heterocycles. The average Bonchev–Trinajstić information content (AvgIpc) is 2.57. The highest BCUT2D eigenvalue weighted by molar-refractivity contribution is 9.10. The maximum absolute atomic E-state index is 4.45. The smallest absolute Gasteiger partial charge is 0.171 e. The maximum Gasteiger partial charge on any atom is 0.171 e. The summed E-state index contributed by atoms with van der Waals surface area (Å²) >= 11 is 3.41. The number of nitrogens with zero attached hydrogens (tertiary/aromatic N) is 3. The van der Waals surface area contributed by atoms with Crippen molar-refractivity contribution in [2.75, 3.05) is 11.9 Å². The summed E-state index contributed by atoms with van der Waals surface area (Å²) in [7, 11) is 0. The topological polar surface area (TPSA) is 42.2 Å². The Labute approximate surface area is 96.8 Å². The minimum atomic E-state index is 0.608. The van der Waals surface area contributed by atoms with Gasteiger partial charge in [0, 0.05) is 12.7 Å². The van der Waals surface area contributed by atoms with E-state index in [2.05, 4.69) is 45.2 Å². The number of hydrogen-bond donors (Lipinski definition) is 1. The molecule has 2 rings (SSSR count). The molecular weight excluding hydrogens is 256 g/mol. The number of hydrogen-bond acceptors (Lipinski definition) is 3. The highest BCUT2D eigenvalue weighted by atomic mass is 79.9. The quantitative estimate of drug-likeness (QED) is 0.931. The van der Waals surface area contributed by atoms with Crippen LogP contribution in [0.2, 0.25) is 0 Å². The molecule has 0 fully saturated rings. The third-order valence-electron chi connectivity index (χ3n) is 2.02. The number of halogens is 1. The minimum absolute atomic E-state index is 0.608. The molecule has 0 unspecified atom stereocenters. The summed E-state index contributed by atoms with van der Waals surface area (Å²) in [5.74, 6) is 1.49. The van der Waals surface area contributed by atoms with E-state index in [0.29, 0.717) is 5.92 Å². The zero-order valence-corrected chi connectivity index (χ0v) is 10.3. The Hall–Kier alpha value is -1.10. The molecule has 4 nitrogen and oxygen atoms in total. The number of nitrogens with one attached hydrogen (secondary N) is 1. The number of rotatable bonds is 3. The molecule has 0 aliphatic rings. The zero-order chi connectivity index (χ0) is 10.8. The first-order chi connectivity index (χ1) is 7.16. The molecule has 80 valence electrons.